The topological polar surface area (TPSA) is 54.5 Å². The highest BCUT2D eigenvalue weighted by Crippen LogP contribution is 2.34. The first-order valence-electron chi connectivity index (χ1n) is 10.0. The molecule has 0 bridgehead atoms. The Balaban J connectivity index is 1.73. The number of hydrogen-bond acceptors (Lipinski definition) is 4. The SMILES string of the molecule is CC(c1ccccc1)N1CCC([C@@H](NC(=O)OC(C)(C)C)c2cccnc2)C1. The van der Waals surface area contributed by atoms with Gasteiger partial charge in [-0.3, -0.25) is 9.88 Å². The molecule has 150 valence electrons. The normalized spacial score (nSPS) is 19.8. The minimum atomic E-state index is -0.521. The van der Waals surface area contributed by atoms with Crippen molar-refractivity contribution in [2.24, 2.45) is 5.92 Å². The van der Waals surface area contributed by atoms with E-state index in [9.17, 15) is 4.79 Å². The number of benzene rings is 1. The average Bonchev–Trinajstić information content (AvgIpc) is 3.15. The molecule has 0 aliphatic carbocycles. The van der Waals surface area contributed by atoms with Crippen molar-refractivity contribution in [1.82, 2.24) is 15.2 Å². The number of hydrogen-bond donors (Lipinski definition) is 1. The molecule has 1 fully saturated rings. The predicted octanol–water partition coefficient (Wildman–Crippen LogP) is 4.73. The minimum absolute atomic E-state index is 0.114. The van der Waals surface area contributed by atoms with E-state index < -0.39 is 5.60 Å². The summed E-state index contributed by atoms with van der Waals surface area (Å²) in [5.41, 5.74) is 1.82. The van der Waals surface area contributed by atoms with Crippen LogP contribution in [-0.2, 0) is 4.74 Å². The number of alkyl carbamates (subject to hydrolysis) is 1. The number of carbonyl (C=O) groups is 1. The lowest BCUT2D eigenvalue weighted by Crippen LogP contribution is -2.38. The summed E-state index contributed by atoms with van der Waals surface area (Å²) >= 11 is 0. The van der Waals surface area contributed by atoms with Crippen molar-refractivity contribution in [3.05, 3.63) is 66.0 Å². The number of ether oxygens (including phenoxy) is 1. The molecule has 1 aliphatic rings. The van der Waals surface area contributed by atoms with E-state index >= 15 is 0 Å². The summed E-state index contributed by atoms with van der Waals surface area (Å²) in [5, 5.41) is 3.10. The summed E-state index contributed by atoms with van der Waals surface area (Å²) in [5.74, 6) is 0.308. The van der Waals surface area contributed by atoms with Crippen LogP contribution in [0.25, 0.3) is 0 Å². The van der Waals surface area contributed by atoms with Gasteiger partial charge in [-0.2, -0.15) is 0 Å². The molecule has 3 rings (SSSR count). The fraction of sp³-hybridized carbons (Fsp3) is 0.478. The van der Waals surface area contributed by atoms with E-state index in [0.717, 1.165) is 25.1 Å². The third-order valence-electron chi connectivity index (χ3n) is 5.27. The van der Waals surface area contributed by atoms with Gasteiger partial charge in [0.05, 0.1) is 6.04 Å². The largest absolute Gasteiger partial charge is 0.444 e. The third-order valence-corrected chi connectivity index (χ3v) is 5.27. The molecule has 0 radical (unpaired) electrons. The highest BCUT2D eigenvalue weighted by Gasteiger charge is 2.34. The van der Waals surface area contributed by atoms with Crippen LogP contribution in [0.5, 0.6) is 0 Å². The molecule has 3 atom stereocenters. The van der Waals surface area contributed by atoms with Gasteiger partial charge in [0.15, 0.2) is 0 Å². The van der Waals surface area contributed by atoms with Crippen LogP contribution in [0.1, 0.15) is 57.3 Å². The molecule has 2 unspecified atom stereocenters. The van der Waals surface area contributed by atoms with E-state index in [-0.39, 0.29) is 12.1 Å². The Kier molecular flexibility index (Phi) is 6.35. The molecular formula is C23H31N3O2. The lowest BCUT2D eigenvalue weighted by molar-refractivity contribution is 0.0484. The van der Waals surface area contributed by atoms with E-state index in [2.05, 4.69) is 46.4 Å². The second-order valence-corrected chi connectivity index (χ2v) is 8.54. The zero-order valence-corrected chi connectivity index (χ0v) is 17.3. The Morgan fingerprint density at radius 1 is 1.18 bits per heavy atom. The molecule has 2 heterocycles. The molecule has 0 spiro atoms. The van der Waals surface area contributed by atoms with Crippen LogP contribution in [0, 0.1) is 5.92 Å². The van der Waals surface area contributed by atoms with Gasteiger partial charge < -0.3 is 10.1 Å². The fourth-order valence-electron chi connectivity index (χ4n) is 3.85. The van der Waals surface area contributed by atoms with Gasteiger partial charge in [-0.15, -0.1) is 0 Å². The van der Waals surface area contributed by atoms with E-state index in [0.29, 0.717) is 12.0 Å². The molecular weight excluding hydrogens is 350 g/mol. The first-order valence-corrected chi connectivity index (χ1v) is 10.0. The van der Waals surface area contributed by atoms with E-state index in [4.69, 9.17) is 4.74 Å². The maximum absolute atomic E-state index is 12.5. The molecule has 5 heteroatoms. The third kappa shape index (κ3) is 5.32. The molecule has 28 heavy (non-hydrogen) atoms. The average molecular weight is 382 g/mol. The van der Waals surface area contributed by atoms with Crippen LogP contribution in [0.3, 0.4) is 0 Å². The van der Waals surface area contributed by atoms with Crippen LogP contribution in [-0.4, -0.2) is 34.7 Å². The Bertz CT molecular complexity index is 758. The number of amides is 1. The molecule has 1 N–H and O–H groups in total. The standard InChI is InChI=1S/C23H31N3O2/c1-17(18-9-6-5-7-10-18)26-14-12-20(16-26)21(19-11-8-13-24-15-19)25-22(27)28-23(2,3)4/h5-11,13,15,17,20-21H,12,14,16H2,1-4H3,(H,25,27)/t17?,20?,21-/m0/s1. The van der Waals surface area contributed by atoms with Crippen molar-refractivity contribution < 1.29 is 9.53 Å². The van der Waals surface area contributed by atoms with E-state index in [1.165, 1.54) is 5.56 Å². The fourth-order valence-corrected chi connectivity index (χ4v) is 3.85. The first-order chi connectivity index (χ1) is 13.3. The lowest BCUT2D eigenvalue weighted by Gasteiger charge is -2.29. The molecule has 0 saturated carbocycles. The Morgan fingerprint density at radius 3 is 2.54 bits per heavy atom. The van der Waals surface area contributed by atoms with Crippen molar-refractivity contribution in [3.8, 4) is 0 Å². The summed E-state index contributed by atoms with van der Waals surface area (Å²) in [7, 11) is 0. The first kappa shape index (κ1) is 20.3. The number of rotatable bonds is 5. The van der Waals surface area contributed by atoms with Gasteiger partial charge in [-0.1, -0.05) is 36.4 Å². The zero-order chi connectivity index (χ0) is 20.1. The van der Waals surface area contributed by atoms with E-state index in [1.807, 2.05) is 45.2 Å². The van der Waals surface area contributed by atoms with Crippen molar-refractivity contribution >= 4 is 6.09 Å². The monoisotopic (exact) mass is 381 g/mol. The second-order valence-electron chi connectivity index (χ2n) is 8.54. The number of carbonyl (C=O) groups excluding carboxylic acids is 1. The molecule has 1 saturated heterocycles. The molecule has 5 nitrogen and oxygen atoms in total. The van der Waals surface area contributed by atoms with Crippen molar-refractivity contribution in [2.45, 2.75) is 51.8 Å². The second kappa shape index (κ2) is 8.74. The molecule has 2 aromatic rings. The van der Waals surface area contributed by atoms with Gasteiger partial charge in [0.1, 0.15) is 5.60 Å². The van der Waals surface area contributed by atoms with E-state index in [1.54, 1.807) is 6.20 Å². The number of aromatic nitrogens is 1. The van der Waals surface area contributed by atoms with Gasteiger partial charge in [0.25, 0.3) is 0 Å². The minimum Gasteiger partial charge on any atom is -0.444 e. The van der Waals surface area contributed by atoms with Crippen molar-refractivity contribution in [1.29, 1.82) is 0 Å². The summed E-state index contributed by atoms with van der Waals surface area (Å²) in [6, 6.07) is 14.7. The smallest absolute Gasteiger partial charge is 0.408 e. The number of pyridine rings is 1. The Hall–Kier alpha value is -2.40. The summed E-state index contributed by atoms with van der Waals surface area (Å²) < 4.78 is 5.51. The maximum Gasteiger partial charge on any atom is 0.408 e. The molecule has 1 aromatic carbocycles. The van der Waals surface area contributed by atoms with Crippen LogP contribution in [0.15, 0.2) is 54.9 Å². The van der Waals surface area contributed by atoms with Crippen LogP contribution < -0.4 is 5.32 Å². The van der Waals surface area contributed by atoms with Gasteiger partial charge in [0.2, 0.25) is 0 Å². The van der Waals surface area contributed by atoms with Crippen LogP contribution >= 0.6 is 0 Å². The highest BCUT2D eigenvalue weighted by molar-refractivity contribution is 5.68. The van der Waals surface area contributed by atoms with Gasteiger partial charge in [0, 0.05) is 25.0 Å². The predicted molar refractivity (Wildman–Crippen MR) is 111 cm³/mol. The molecule has 1 aromatic heterocycles. The van der Waals surface area contributed by atoms with Crippen LogP contribution in [0.2, 0.25) is 0 Å². The number of nitrogens with zero attached hydrogens (tertiary/aromatic N) is 2. The van der Waals surface area contributed by atoms with Crippen molar-refractivity contribution in [2.75, 3.05) is 13.1 Å². The number of nitrogens with one attached hydrogen (secondary N) is 1. The molecule has 1 amide bonds. The quantitative estimate of drug-likeness (QED) is 0.813. The zero-order valence-electron chi connectivity index (χ0n) is 17.3. The summed E-state index contributed by atoms with van der Waals surface area (Å²) in [4.78, 5) is 19.2. The highest BCUT2D eigenvalue weighted by atomic mass is 16.6. The Morgan fingerprint density at radius 2 is 1.89 bits per heavy atom. The van der Waals surface area contributed by atoms with Crippen molar-refractivity contribution in [3.63, 3.8) is 0 Å². The van der Waals surface area contributed by atoms with Gasteiger partial charge in [-0.25, -0.2) is 4.79 Å². The molecule has 1 aliphatic heterocycles. The maximum atomic E-state index is 12.5. The van der Waals surface area contributed by atoms with Crippen LogP contribution in [0.4, 0.5) is 4.79 Å². The van der Waals surface area contributed by atoms with Gasteiger partial charge in [-0.05, 0) is 63.8 Å². The van der Waals surface area contributed by atoms with Gasteiger partial charge >= 0.3 is 6.09 Å². The number of likely N-dealkylation sites (tertiary alicyclic amines) is 1. The lowest BCUT2D eigenvalue weighted by atomic mass is 9.93. The summed E-state index contributed by atoms with van der Waals surface area (Å²) in [6.45, 7) is 9.82. The Labute approximate surface area is 168 Å². The summed E-state index contributed by atoms with van der Waals surface area (Å²) in [6.07, 6.45) is 4.24.